The molecule has 2 rings (SSSR count). The van der Waals surface area contributed by atoms with Crippen LogP contribution in [0.25, 0.3) is 0 Å². The Morgan fingerprint density at radius 1 is 1.15 bits per heavy atom. The van der Waals surface area contributed by atoms with Crippen molar-refractivity contribution in [3.05, 3.63) is 35.4 Å². The summed E-state index contributed by atoms with van der Waals surface area (Å²) in [5.74, 6) is 0.843. The highest BCUT2D eigenvalue weighted by molar-refractivity contribution is 5.22. The van der Waals surface area contributed by atoms with Crippen molar-refractivity contribution >= 4 is 0 Å². The van der Waals surface area contributed by atoms with Gasteiger partial charge in [-0.3, -0.25) is 4.90 Å². The number of nitrogens with zero attached hydrogens (tertiary/aromatic N) is 1. The zero-order valence-corrected chi connectivity index (χ0v) is 13.6. The molecule has 1 aliphatic rings. The Morgan fingerprint density at radius 3 is 2.35 bits per heavy atom. The second-order valence-electron chi connectivity index (χ2n) is 7.18. The van der Waals surface area contributed by atoms with Crippen LogP contribution < -0.4 is 5.32 Å². The van der Waals surface area contributed by atoms with Crippen LogP contribution in [0.2, 0.25) is 0 Å². The summed E-state index contributed by atoms with van der Waals surface area (Å²) in [6.07, 6.45) is 1.35. The highest BCUT2D eigenvalue weighted by Gasteiger charge is 2.31. The summed E-state index contributed by atoms with van der Waals surface area (Å²) in [6, 6.07) is 9.10. The molecule has 0 aromatic heterocycles. The summed E-state index contributed by atoms with van der Waals surface area (Å²) in [4.78, 5) is 2.61. The quantitative estimate of drug-likeness (QED) is 0.881. The van der Waals surface area contributed by atoms with E-state index in [4.69, 9.17) is 0 Å². The molecule has 0 amide bonds. The van der Waals surface area contributed by atoms with Crippen molar-refractivity contribution in [3.63, 3.8) is 0 Å². The normalized spacial score (nSPS) is 20.5. The van der Waals surface area contributed by atoms with E-state index in [1.54, 1.807) is 0 Å². The van der Waals surface area contributed by atoms with E-state index in [1.165, 1.54) is 30.6 Å². The SMILES string of the molecule is CCNCc1ccc(CN2CCC(C(C)(C)C)C2)cc1. The molecule has 2 heteroatoms. The van der Waals surface area contributed by atoms with Crippen molar-refractivity contribution in [2.45, 2.75) is 47.2 Å². The van der Waals surface area contributed by atoms with E-state index in [2.05, 4.69) is 62.2 Å². The van der Waals surface area contributed by atoms with Crippen LogP contribution in [-0.2, 0) is 13.1 Å². The summed E-state index contributed by atoms with van der Waals surface area (Å²) < 4.78 is 0. The Morgan fingerprint density at radius 2 is 1.80 bits per heavy atom. The van der Waals surface area contributed by atoms with E-state index in [9.17, 15) is 0 Å². The molecular formula is C18H30N2. The highest BCUT2D eigenvalue weighted by atomic mass is 15.1. The van der Waals surface area contributed by atoms with Crippen LogP contribution in [0.5, 0.6) is 0 Å². The van der Waals surface area contributed by atoms with Crippen LogP contribution >= 0.6 is 0 Å². The molecule has 1 atom stereocenters. The Kier molecular flexibility index (Phi) is 5.22. The zero-order chi connectivity index (χ0) is 14.6. The molecular weight excluding hydrogens is 244 g/mol. The molecule has 1 fully saturated rings. The van der Waals surface area contributed by atoms with Crippen molar-refractivity contribution in [3.8, 4) is 0 Å². The second kappa shape index (κ2) is 6.73. The number of nitrogens with one attached hydrogen (secondary N) is 1. The van der Waals surface area contributed by atoms with Crippen LogP contribution in [0, 0.1) is 11.3 Å². The lowest BCUT2D eigenvalue weighted by molar-refractivity contribution is 0.226. The predicted octanol–water partition coefficient (Wildman–Crippen LogP) is 3.66. The molecule has 1 aliphatic heterocycles. The summed E-state index contributed by atoms with van der Waals surface area (Å²) in [5, 5.41) is 3.37. The first kappa shape index (κ1) is 15.5. The van der Waals surface area contributed by atoms with Crippen LogP contribution in [0.3, 0.4) is 0 Å². The van der Waals surface area contributed by atoms with Gasteiger partial charge in [0.05, 0.1) is 0 Å². The molecule has 0 bridgehead atoms. The maximum Gasteiger partial charge on any atom is 0.0233 e. The molecule has 1 unspecified atom stereocenters. The van der Waals surface area contributed by atoms with Gasteiger partial charge in [-0.05, 0) is 42.0 Å². The first-order valence-electron chi connectivity index (χ1n) is 8.00. The molecule has 0 spiro atoms. The number of rotatable bonds is 5. The van der Waals surface area contributed by atoms with Gasteiger partial charge < -0.3 is 5.32 Å². The third-order valence-electron chi connectivity index (χ3n) is 4.51. The molecule has 0 saturated carbocycles. The van der Waals surface area contributed by atoms with Gasteiger partial charge in [0.2, 0.25) is 0 Å². The van der Waals surface area contributed by atoms with Gasteiger partial charge in [0.1, 0.15) is 0 Å². The molecule has 20 heavy (non-hydrogen) atoms. The largest absolute Gasteiger partial charge is 0.313 e. The lowest BCUT2D eigenvalue weighted by Crippen LogP contribution is -2.25. The number of benzene rings is 1. The standard InChI is InChI=1S/C18H30N2/c1-5-19-12-15-6-8-16(9-7-15)13-20-11-10-17(14-20)18(2,3)4/h6-9,17,19H,5,10-14H2,1-4H3. The maximum absolute atomic E-state index is 3.37. The lowest BCUT2D eigenvalue weighted by atomic mass is 9.80. The van der Waals surface area contributed by atoms with Gasteiger partial charge in [-0.1, -0.05) is 52.0 Å². The molecule has 1 N–H and O–H groups in total. The summed E-state index contributed by atoms with van der Waals surface area (Å²) in [7, 11) is 0. The van der Waals surface area contributed by atoms with Crippen molar-refractivity contribution in [1.29, 1.82) is 0 Å². The molecule has 112 valence electrons. The Labute approximate surface area is 124 Å². The molecule has 0 aliphatic carbocycles. The molecule has 0 radical (unpaired) electrons. The maximum atomic E-state index is 3.37. The first-order valence-corrected chi connectivity index (χ1v) is 8.00. The first-order chi connectivity index (χ1) is 9.49. The Bertz CT molecular complexity index is 402. The van der Waals surface area contributed by atoms with Gasteiger partial charge in [0.15, 0.2) is 0 Å². The second-order valence-corrected chi connectivity index (χ2v) is 7.18. The minimum Gasteiger partial charge on any atom is -0.313 e. The van der Waals surface area contributed by atoms with Crippen molar-refractivity contribution < 1.29 is 0 Å². The molecule has 2 nitrogen and oxygen atoms in total. The number of likely N-dealkylation sites (tertiary alicyclic amines) is 1. The van der Waals surface area contributed by atoms with E-state index in [1.807, 2.05) is 0 Å². The van der Waals surface area contributed by atoms with Crippen molar-refractivity contribution in [2.75, 3.05) is 19.6 Å². The zero-order valence-electron chi connectivity index (χ0n) is 13.6. The molecule has 1 saturated heterocycles. The third kappa shape index (κ3) is 4.32. The summed E-state index contributed by atoms with van der Waals surface area (Å²) in [5.41, 5.74) is 3.27. The fraction of sp³-hybridized carbons (Fsp3) is 0.667. The Hall–Kier alpha value is -0.860. The van der Waals surface area contributed by atoms with E-state index < -0.39 is 0 Å². The molecule has 1 aromatic carbocycles. The van der Waals surface area contributed by atoms with Crippen molar-refractivity contribution in [2.24, 2.45) is 11.3 Å². The third-order valence-corrected chi connectivity index (χ3v) is 4.51. The fourth-order valence-corrected chi connectivity index (χ4v) is 2.97. The summed E-state index contributed by atoms with van der Waals surface area (Å²) in [6.45, 7) is 14.9. The van der Waals surface area contributed by atoms with Gasteiger partial charge >= 0.3 is 0 Å². The van der Waals surface area contributed by atoms with E-state index in [0.29, 0.717) is 5.41 Å². The van der Waals surface area contributed by atoms with Crippen LogP contribution in [0.1, 0.15) is 45.2 Å². The van der Waals surface area contributed by atoms with Gasteiger partial charge in [-0.15, -0.1) is 0 Å². The smallest absolute Gasteiger partial charge is 0.0233 e. The average Bonchev–Trinajstić information content (AvgIpc) is 2.86. The molecule has 1 aromatic rings. The van der Waals surface area contributed by atoms with Crippen LogP contribution in [0.4, 0.5) is 0 Å². The average molecular weight is 274 g/mol. The Balaban J connectivity index is 1.85. The van der Waals surface area contributed by atoms with Gasteiger partial charge in [-0.2, -0.15) is 0 Å². The van der Waals surface area contributed by atoms with Crippen molar-refractivity contribution in [1.82, 2.24) is 10.2 Å². The van der Waals surface area contributed by atoms with Crippen LogP contribution in [0.15, 0.2) is 24.3 Å². The number of hydrogen-bond acceptors (Lipinski definition) is 2. The topological polar surface area (TPSA) is 15.3 Å². The van der Waals surface area contributed by atoms with E-state index >= 15 is 0 Å². The summed E-state index contributed by atoms with van der Waals surface area (Å²) >= 11 is 0. The highest BCUT2D eigenvalue weighted by Crippen LogP contribution is 2.34. The van der Waals surface area contributed by atoms with Gasteiger partial charge in [0, 0.05) is 19.6 Å². The van der Waals surface area contributed by atoms with E-state index in [0.717, 1.165) is 25.6 Å². The lowest BCUT2D eigenvalue weighted by Gasteiger charge is -2.27. The number of hydrogen-bond donors (Lipinski definition) is 1. The minimum absolute atomic E-state index is 0.449. The minimum atomic E-state index is 0.449. The van der Waals surface area contributed by atoms with E-state index in [-0.39, 0.29) is 0 Å². The fourth-order valence-electron chi connectivity index (χ4n) is 2.97. The predicted molar refractivity (Wildman–Crippen MR) is 86.7 cm³/mol. The van der Waals surface area contributed by atoms with Gasteiger partial charge in [-0.25, -0.2) is 0 Å². The molecule has 1 heterocycles. The van der Waals surface area contributed by atoms with Gasteiger partial charge in [0.25, 0.3) is 0 Å². The van der Waals surface area contributed by atoms with Crippen LogP contribution in [-0.4, -0.2) is 24.5 Å². The monoisotopic (exact) mass is 274 g/mol.